The van der Waals surface area contributed by atoms with Gasteiger partial charge in [0.05, 0.1) is 12.0 Å². The lowest BCUT2D eigenvalue weighted by Crippen LogP contribution is -2.66. The van der Waals surface area contributed by atoms with Crippen LogP contribution in [0, 0.1) is 5.92 Å². The normalized spacial score (nSPS) is 36.0. The summed E-state index contributed by atoms with van der Waals surface area (Å²) in [6.07, 6.45) is 3.98. The van der Waals surface area contributed by atoms with Gasteiger partial charge in [-0.05, 0) is 18.8 Å². The predicted molar refractivity (Wildman–Crippen MR) is 56.6 cm³/mol. The van der Waals surface area contributed by atoms with Gasteiger partial charge in [0.1, 0.15) is 0 Å². The van der Waals surface area contributed by atoms with Gasteiger partial charge in [0.15, 0.2) is 0 Å². The molecule has 4 nitrogen and oxygen atoms in total. The Kier molecular flexibility index (Phi) is 2.50. The van der Waals surface area contributed by atoms with Crippen LogP contribution in [-0.4, -0.2) is 24.2 Å². The fraction of sp³-hybridized carbons (Fsp3) is 0.889. The minimum Gasteiger partial charge on any atom is -0.274 e. The quantitative estimate of drug-likeness (QED) is 0.554. The Labute approximate surface area is 94.1 Å². The Morgan fingerprint density at radius 1 is 1.60 bits per heavy atom. The minimum absolute atomic E-state index is 0.281. The summed E-state index contributed by atoms with van der Waals surface area (Å²) in [5.74, 6) is -0.0749. The van der Waals surface area contributed by atoms with Crippen molar-refractivity contribution in [3.63, 3.8) is 0 Å². The van der Waals surface area contributed by atoms with Crippen molar-refractivity contribution in [3.05, 3.63) is 0 Å². The van der Waals surface area contributed by atoms with E-state index in [2.05, 4.69) is 0 Å². The lowest BCUT2D eigenvalue weighted by molar-refractivity contribution is -0.147. The lowest BCUT2D eigenvalue weighted by atomic mass is 9.76. The molecular formula is C9H14ClNO3S. The smallest absolute Gasteiger partial charge is 0.274 e. The van der Waals surface area contributed by atoms with E-state index in [0.29, 0.717) is 6.42 Å². The van der Waals surface area contributed by atoms with Gasteiger partial charge in [-0.25, -0.2) is 4.31 Å². The van der Waals surface area contributed by atoms with Crippen LogP contribution in [-0.2, 0) is 14.0 Å². The average molecular weight is 252 g/mol. The fourth-order valence-electron chi connectivity index (χ4n) is 3.11. The largest absolute Gasteiger partial charge is 0.324 e. The topological polar surface area (TPSA) is 54.5 Å². The molecule has 0 bridgehead atoms. The van der Waals surface area contributed by atoms with Crippen molar-refractivity contribution in [2.45, 2.75) is 44.6 Å². The molecule has 2 atom stereocenters. The van der Waals surface area contributed by atoms with Crippen LogP contribution in [0.4, 0.5) is 0 Å². The van der Waals surface area contributed by atoms with E-state index in [1.165, 1.54) is 0 Å². The molecule has 1 amide bonds. The molecule has 1 spiro atoms. The maximum atomic E-state index is 11.4. The van der Waals surface area contributed by atoms with E-state index in [1.54, 1.807) is 0 Å². The molecule has 15 heavy (non-hydrogen) atoms. The molecule has 1 saturated carbocycles. The van der Waals surface area contributed by atoms with E-state index in [-0.39, 0.29) is 11.8 Å². The molecule has 1 aliphatic carbocycles. The Morgan fingerprint density at radius 2 is 2.27 bits per heavy atom. The molecule has 86 valence electrons. The first-order valence-corrected chi connectivity index (χ1v) is 7.46. The summed E-state index contributed by atoms with van der Waals surface area (Å²) in [4.78, 5) is 11.4. The summed E-state index contributed by atoms with van der Waals surface area (Å²) < 4.78 is 23.6. The highest BCUT2D eigenvalue weighted by Crippen LogP contribution is 2.52. The molecule has 0 radical (unpaired) electrons. The molecule has 2 fully saturated rings. The average Bonchev–Trinajstić information content (AvgIpc) is 2.45. The van der Waals surface area contributed by atoms with Crippen molar-refractivity contribution in [2.24, 2.45) is 5.92 Å². The third-order valence-electron chi connectivity index (χ3n) is 3.72. The molecule has 1 aliphatic heterocycles. The zero-order valence-electron chi connectivity index (χ0n) is 8.57. The molecule has 1 saturated heterocycles. The second kappa shape index (κ2) is 3.35. The number of hydrogen-bond acceptors (Lipinski definition) is 3. The molecule has 6 heteroatoms. The SMILES string of the molecule is CCC1CCCC12CC(=O)N2S(=O)(=O)Cl. The number of β-lactam (4-membered cyclic amide) rings is 1. The Hall–Kier alpha value is -0.290. The molecule has 0 aromatic rings. The highest BCUT2D eigenvalue weighted by atomic mass is 35.7. The second-order valence-electron chi connectivity index (χ2n) is 4.38. The zero-order chi connectivity index (χ0) is 11.3. The van der Waals surface area contributed by atoms with Crippen LogP contribution in [0.5, 0.6) is 0 Å². The molecule has 2 aliphatic rings. The minimum atomic E-state index is -3.89. The van der Waals surface area contributed by atoms with Crippen molar-refractivity contribution in [1.29, 1.82) is 0 Å². The van der Waals surface area contributed by atoms with Crippen molar-refractivity contribution < 1.29 is 13.2 Å². The van der Waals surface area contributed by atoms with E-state index in [9.17, 15) is 13.2 Å². The van der Waals surface area contributed by atoms with Crippen LogP contribution in [0.3, 0.4) is 0 Å². The number of carbonyl (C=O) groups excluding carboxylic acids is 1. The number of hydrogen-bond donors (Lipinski definition) is 0. The van der Waals surface area contributed by atoms with Crippen LogP contribution in [0.15, 0.2) is 0 Å². The van der Waals surface area contributed by atoms with E-state index in [1.807, 2.05) is 6.92 Å². The standard InChI is InChI=1S/C9H14ClNO3S/c1-2-7-4-3-5-9(7)6-8(12)11(9)15(10,13)14/h7H,2-6H2,1H3. The van der Waals surface area contributed by atoms with Crippen LogP contribution >= 0.6 is 10.7 Å². The molecular weight excluding hydrogens is 238 g/mol. The van der Waals surface area contributed by atoms with Crippen LogP contribution in [0.1, 0.15) is 39.0 Å². The van der Waals surface area contributed by atoms with E-state index >= 15 is 0 Å². The first kappa shape index (κ1) is 11.2. The van der Waals surface area contributed by atoms with Gasteiger partial charge >= 0.3 is 9.24 Å². The second-order valence-corrected chi connectivity index (χ2v) is 6.74. The first-order valence-electron chi connectivity index (χ1n) is 5.19. The summed E-state index contributed by atoms with van der Waals surface area (Å²) in [7, 11) is 1.40. The van der Waals surface area contributed by atoms with Crippen molar-refractivity contribution in [2.75, 3.05) is 0 Å². The van der Waals surface area contributed by atoms with E-state index in [4.69, 9.17) is 10.7 Å². The number of carbonyl (C=O) groups is 1. The summed E-state index contributed by atoms with van der Waals surface area (Å²) >= 11 is 0. The fourth-order valence-corrected chi connectivity index (χ4v) is 4.80. The van der Waals surface area contributed by atoms with Gasteiger partial charge in [-0.1, -0.05) is 19.8 Å². The van der Waals surface area contributed by atoms with Crippen LogP contribution < -0.4 is 0 Å². The van der Waals surface area contributed by atoms with Gasteiger partial charge in [-0.2, -0.15) is 8.42 Å². The first-order chi connectivity index (χ1) is 6.92. The molecule has 0 aromatic heterocycles. The van der Waals surface area contributed by atoms with Gasteiger partial charge in [0.25, 0.3) is 0 Å². The number of amides is 1. The molecule has 0 aromatic carbocycles. The molecule has 0 N–H and O–H groups in total. The Morgan fingerprint density at radius 3 is 2.73 bits per heavy atom. The maximum Gasteiger partial charge on any atom is 0.324 e. The van der Waals surface area contributed by atoms with Crippen molar-refractivity contribution in [3.8, 4) is 0 Å². The monoisotopic (exact) mass is 251 g/mol. The number of rotatable bonds is 2. The summed E-state index contributed by atoms with van der Waals surface area (Å²) in [6.45, 7) is 2.03. The van der Waals surface area contributed by atoms with Crippen LogP contribution in [0.2, 0.25) is 0 Å². The molecule has 2 rings (SSSR count). The molecule has 2 unspecified atom stereocenters. The van der Waals surface area contributed by atoms with E-state index in [0.717, 1.165) is 30.0 Å². The Balaban J connectivity index is 2.34. The lowest BCUT2D eigenvalue weighted by Gasteiger charge is -2.50. The van der Waals surface area contributed by atoms with Gasteiger partial charge < -0.3 is 0 Å². The van der Waals surface area contributed by atoms with Gasteiger partial charge in [0.2, 0.25) is 5.91 Å². The number of halogens is 1. The summed E-state index contributed by atoms with van der Waals surface area (Å²) in [5.41, 5.74) is -0.480. The summed E-state index contributed by atoms with van der Waals surface area (Å²) in [5, 5.41) is 0. The molecule has 1 heterocycles. The Bertz CT molecular complexity index is 394. The van der Waals surface area contributed by atoms with Crippen LogP contribution in [0.25, 0.3) is 0 Å². The van der Waals surface area contributed by atoms with Gasteiger partial charge in [-0.15, -0.1) is 0 Å². The third kappa shape index (κ3) is 1.47. The van der Waals surface area contributed by atoms with Gasteiger partial charge in [0, 0.05) is 10.7 Å². The zero-order valence-corrected chi connectivity index (χ0v) is 10.1. The van der Waals surface area contributed by atoms with E-state index < -0.39 is 14.8 Å². The third-order valence-corrected chi connectivity index (χ3v) is 5.14. The van der Waals surface area contributed by atoms with Gasteiger partial charge in [-0.3, -0.25) is 4.79 Å². The highest BCUT2D eigenvalue weighted by molar-refractivity contribution is 8.12. The summed E-state index contributed by atoms with van der Waals surface area (Å²) in [6, 6.07) is 0. The van der Waals surface area contributed by atoms with Crippen molar-refractivity contribution >= 4 is 25.8 Å². The maximum absolute atomic E-state index is 11.4. The van der Waals surface area contributed by atoms with Crippen molar-refractivity contribution in [1.82, 2.24) is 4.31 Å². The number of nitrogens with zero attached hydrogens (tertiary/aromatic N) is 1. The predicted octanol–water partition coefficient (Wildman–Crippen LogP) is 1.65. The highest BCUT2D eigenvalue weighted by Gasteiger charge is 2.61.